The SMILES string of the molecule is N#Cc1ccnc(NC(CC(=O)O)C(=O)O)n1. The molecule has 1 unspecified atom stereocenters. The fourth-order valence-electron chi connectivity index (χ4n) is 1.02. The Kier molecular flexibility index (Phi) is 3.94. The fourth-order valence-corrected chi connectivity index (χ4v) is 1.02. The van der Waals surface area contributed by atoms with Crippen molar-refractivity contribution in [2.45, 2.75) is 12.5 Å². The number of carboxylic acid groups (broad SMARTS) is 2. The summed E-state index contributed by atoms with van der Waals surface area (Å²) in [5.41, 5.74) is 0.0574. The first kappa shape index (κ1) is 12.4. The van der Waals surface area contributed by atoms with Gasteiger partial charge in [0.05, 0.1) is 6.42 Å². The van der Waals surface area contributed by atoms with Crippen molar-refractivity contribution in [2.24, 2.45) is 0 Å². The van der Waals surface area contributed by atoms with Gasteiger partial charge in [0.25, 0.3) is 0 Å². The standard InChI is InChI=1S/C9H8N4O4/c10-4-5-1-2-11-9(12-5)13-6(8(16)17)3-7(14)15/h1-2,6H,3H2,(H,14,15)(H,16,17)(H,11,12,13). The molecule has 0 aliphatic carbocycles. The third kappa shape index (κ3) is 3.75. The second-order valence-electron chi connectivity index (χ2n) is 3.01. The largest absolute Gasteiger partial charge is 0.481 e. The first-order chi connectivity index (χ1) is 8.02. The van der Waals surface area contributed by atoms with Gasteiger partial charge in [-0.25, -0.2) is 14.8 Å². The van der Waals surface area contributed by atoms with Crippen molar-refractivity contribution < 1.29 is 19.8 Å². The van der Waals surface area contributed by atoms with E-state index in [0.29, 0.717) is 0 Å². The van der Waals surface area contributed by atoms with Gasteiger partial charge < -0.3 is 15.5 Å². The molecule has 8 heteroatoms. The van der Waals surface area contributed by atoms with Gasteiger partial charge in [-0.2, -0.15) is 5.26 Å². The average molecular weight is 236 g/mol. The van der Waals surface area contributed by atoms with Gasteiger partial charge in [-0.3, -0.25) is 4.79 Å². The highest BCUT2D eigenvalue weighted by molar-refractivity contribution is 5.82. The summed E-state index contributed by atoms with van der Waals surface area (Å²) in [6.45, 7) is 0. The van der Waals surface area contributed by atoms with Crippen LogP contribution in [0.4, 0.5) is 5.95 Å². The second kappa shape index (κ2) is 5.41. The third-order valence-electron chi connectivity index (χ3n) is 1.75. The van der Waals surface area contributed by atoms with Gasteiger partial charge in [0, 0.05) is 6.20 Å². The Morgan fingerprint density at radius 2 is 2.24 bits per heavy atom. The summed E-state index contributed by atoms with van der Waals surface area (Å²) in [6, 6.07) is 1.76. The van der Waals surface area contributed by atoms with Crippen LogP contribution < -0.4 is 5.32 Å². The molecule has 0 saturated carbocycles. The van der Waals surface area contributed by atoms with Crippen LogP contribution in [0.3, 0.4) is 0 Å². The van der Waals surface area contributed by atoms with Crippen LogP contribution in [0.1, 0.15) is 12.1 Å². The van der Waals surface area contributed by atoms with Crippen molar-refractivity contribution in [1.82, 2.24) is 9.97 Å². The summed E-state index contributed by atoms with van der Waals surface area (Å²) in [7, 11) is 0. The number of nitrogens with zero attached hydrogens (tertiary/aromatic N) is 3. The van der Waals surface area contributed by atoms with E-state index >= 15 is 0 Å². The molecule has 0 fully saturated rings. The third-order valence-corrected chi connectivity index (χ3v) is 1.75. The van der Waals surface area contributed by atoms with Gasteiger partial charge in [0.1, 0.15) is 17.8 Å². The van der Waals surface area contributed by atoms with Crippen molar-refractivity contribution in [1.29, 1.82) is 5.26 Å². The summed E-state index contributed by atoms with van der Waals surface area (Å²) < 4.78 is 0. The van der Waals surface area contributed by atoms with Crippen LogP contribution >= 0.6 is 0 Å². The van der Waals surface area contributed by atoms with Crippen LogP contribution in [-0.2, 0) is 9.59 Å². The lowest BCUT2D eigenvalue weighted by atomic mass is 10.2. The van der Waals surface area contributed by atoms with E-state index in [1.54, 1.807) is 6.07 Å². The minimum Gasteiger partial charge on any atom is -0.481 e. The zero-order chi connectivity index (χ0) is 12.8. The predicted octanol–water partition coefficient (Wildman–Crippen LogP) is -0.312. The Morgan fingerprint density at radius 3 is 2.76 bits per heavy atom. The van der Waals surface area contributed by atoms with Crippen molar-refractivity contribution in [3.8, 4) is 6.07 Å². The fraction of sp³-hybridized carbons (Fsp3) is 0.222. The first-order valence-electron chi connectivity index (χ1n) is 4.47. The summed E-state index contributed by atoms with van der Waals surface area (Å²) >= 11 is 0. The molecule has 8 nitrogen and oxygen atoms in total. The molecule has 0 aliphatic rings. The van der Waals surface area contributed by atoms with E-state index in [1.165, 1.54) is 12.3 Å². The molecule has 0 aromatic carbocycles. The molecule has 1 rings (SSSR count). The smallest absolute Gasteiger partial charge is 0.326 e. The summed E-state index contributed by atoms with van der Waals surface area (Å²) in [5, 5.41) is 28.2. The highest BCUT2D eigenvalue weighted by Crippen LogP contribution is 2.04. The molecule has 1 aromatic heterocycles. The van der Waals surface area contributed by atoms with Gasteiger partial charge in [-0.15, -0.1) is 0 Å². The molecule has 0 aliphatic heterocycles. The number of carbonyl (C=O) groups is 2. The van der Waals surface area contributed by atoms with Crippen molar-refractivity contribution in [3.05, 3.63) is 18.0 Å². The number of nitriles is 1. The molecule has 3 N–H and O–H groups in total. The van der Waals surface area contributed by atoms with Crippen molar-refractivity contribution in [2.75, 3.05) is 5.32 Å². The Morgan fingerprint density at radius 1 is 1.53 bits per heavy atom. The molecule has 17 heavy (non-hydrogen) atoms. The van der Waals surface area contributed by atoms with E-state index in [9.17, 15) is 9.59 Å². The highest BCUT2D eigenvalue weighted by atomic mass is 16.4. The normalized spacial score (nSPS) is 11.2. The molecule has 1 atom stereocenters. The summed E-state index contributed by atoms with van der Waals surface area (Å²) in [4.78, 5) is 28.5. The van der Waals surface area contributed by atoms with E-state index < -0.39 is 24.4 Å². The van der Waals surface area contributed by atoms with E-state index in [0.717, 1.165) is 0 Å². The van der Waals surface area contributed by atoms with E-state index in [4.69, 9.17) is 15.5 Å². The maximum absolute atomic E-state index is 10.7. The molecule has 1 aromatic rings. The minimum atomic E-state index is -1.35. The molecule has 1 heterocycles. The maximum atomic E-state index is 10.7. The second-order valence-corrected chi connectivity index (χ2v) is 3.01. The number of carboxylic acids is 2. The van der Waals surface area contributed by atoms with Gasteiger partial charge in [0.2, 0.25) is 5.95 Å². The number of nitrogens with one attached hydrogen (secondary N) is 1. The Hall–Kier alpha value is -2.69. The van der Waals surface area contributed by atoms with Crippen LogP contribution in [0.5, 0.6) is 0 Å². The highest BCUT2D eigenvalue weighted by Gasteiger charge is 2.21. The van der Waals surface area contributed by atoms with E-state index in [1.807, 2.05) is 0 Å². The number of anilines is 1. The van der Waals surface area contributed by atoms with Crippen LogP contribution in [0.2, 0.25) is 0 Å². The molecular weight excluding hydrogens is 228 g/mol. The molecular formula is C9H8N4O4. The summed E-state index contributed by atoms with van der Waals surface area (Å²) in [6.07, 6.45) is 0.656. The van der Waals surface area contributed by atoms with Gasteiger partial charge >= 0.3 is 11.9 Å². The predicted molar refractivity (Wildman–Crippen MR) is 54.0 cm³/mol. The molecule has 0 bridgehead atoms. The first-order valence-corrected chi connectivity index (χ1v) is 4.47. The zero-order valence-electron chi connectivity index (χ0n) is 8.49. The number of aromatic nitrogens is 2. The molecule has 0 radical (unpaired) electrons. The Bertz CT molecular complexity index is 482. The maximum Gasteiger partial charge on any atom is 0.326 e. The average Bonchev–Trinajstić information content (AvgIpc) is 2.27. The lowest BCUT2D eigenvalue weighted by Gasteiger charge is -2.11. The summed E-state index contributed by atoms with van der Waals surface area (Å²) in [5.74, 6) is -2.70. The molecule has 0 amide bonds. The van der Waals surface area contributed by atoms with Gasteiger partial charge in [0.15, 0.2) is 0 Å². The lowest BCUT2D eigenvalue weighted by molar-refractivity contribution is -0.144. The number of hydrogen-bond acceptors (Lipinski definition) is 6. The Balaban J connectivity index is 2.82. The number of aliphatic carboxylic acids is 2. The molecule has 88 valence electrons. The monoisotopic (exact) mass is 236 g/mol. The van der Waals surface area contributed by atoms with Crippen molar-refractivity contribution in [3.63, 3.8) is 0 Å². The minimum absolute atomic E-state index is 0.0574. The number of rotatable bonds is 5. The van der Waals surface area contributed by atoms with Gasteiger partial charge in [-0.05, 0) is 6.07 Å². The van der Waals surface area contributed by atoms with E-state index in [-0.39, 0.29) is 11.6 Å². The zero-order valence-corrected chi connectivity index (χ0v) is 8.49. The van der Waals surface area contributed by atoms with Crippen LogP contribution in [0.25, 0.3) is 0 Å². The lowest BCUT2D eigenvalue weighted by Crippen LogP contribution is -2.32. The molecule has 0 spiro atoms. The van der Waals surface area contributed by atoms with E-state index in [2.05, 4.69) is 15.3 Å². The van der Waals surface area contributed by atoms with Crippen LogP contribution in [-0.4, -0.2) is 38.2 Å². The van der Waals surface area contributed by atoms with Crippen molar-refractivity contribution >= 4 is 17.9 Å². The topological polar surface area (TPSA) is 136 Å². The van der Waals surface area contributed by atoms with Gasteiger partial charge in [-0.1, -0.05) is 0 Å². The van der Waals surface area contributed by atoms with Crippen LogP contribution in [0.15, 0.2) is 12.3 Å². The molecule has 0 saturated heterocycles. The Labute approximate surface area is 95.5 Å². The van der Waals surface area contributed by atoms with Crippen LogP contribution in [0, 0.1) is 11.3 Å². The number of hydrogen-bond donors (Lipinski definition) is 3. The quantitative estimate of drug-likeness (QED) is 0.633.